The third kappa shape index (κ3) is 2.84. The molecule has 0 aliphatic carbocycles. The number of nitrogens with one attached hydrogen (secondary N) is 2. The number of fused-ring (bicyclic) bond motifs is 1. The summed E-state index contributed by atoms with van der Waals surface area (Å²) in [5, 5.41) is 5.19. The zero-order valence-corrected chi connectivity index (χ0v) is 13.5. The molecule has 1 aliphatic heterocycles. The Labute approximate surface area is 129 Å². The summed E-state index contributed by atoms with van der Waals surface area (Å²) in [6.07, 6.45) is 0. The van der Waals surface area contributed by atoms with Gasteiger partial charge in [0.15, 0.2) is 0 Å². The highest BCUT2D eigenvalue weighted by Crippen LogP contribution is 2.29. The molecule has 1 heterocycles. The number of rotatable bonds is 4. The van der Waals surface area contributed by atoms with E-state index >= 15 is 0 Å². The number of amides is 2. The molecule has 1 aromatic carbocycles. The summed E-state index contributed by atoms with van der Waals surface area (Å²) < 4.78 is 26.3. The zero-order chi connectivity index (χ0) is 16.5. The van der Waals surface area contributed by atoms with Crippen molar-refractivity contribution in [2.45, 2.75) is 25.7 Å². The SMILES string of the molecule is CCN(CC)S(=O)(=O)c1ccc2c(c1)NC(=O)[C@@H](C)C(=O)N2. The topological polar surface area (TPSA) is 95.6 Å². The fraction of sp³-hybridized carbons (Fsp3) is 0.429. The van der Waals surface area contributed by atoms with Gasteiger partial charge in [-0.15, -0.1) is 0 Å². The van der Waals surface area contributed by atoms with Crippen molar-refractivity contribution in [3.05, 3.63) is 18.2 Å². The van der Waals surface area contributed by atoms with E-state index in [4.69, 9.17) is 0 Å². The van der Waals surface area contributed by atoms with E-state index in [0.717, 1.165) is 0 Å². The minimum Gasteiger partial charge on any atom is -0.324 e. The van der Waals surface area contributed by atoms with Crippen LogP contribution in [-0.4, -0.2) is 37.6 Å². The van der Waals surface area contributed by atoms with Crippen LogP contribution in [-0.2, 0) is 19.6 Å². The molecule has 22 heavy (non-hydrogen) atoms. The van der Waals surface area contributed by atoms with E-state index in [-0.39, 0.29) is 10.6 Å². The average Bonchev–Trinajstić information content (AvgIpc) is 2.58. The summed E-state index contributed by atoms with van der Waals surface area (Å²) in [4.78, 5) is 23.7. The maximum atomic E-state index is 12.5. The first-order valence-corrected chi connectivity index (χ1v) is 8.51. The molecule has 2 rings (SSSR count). The highest BCUT2D eigenvalue weighted by Gasteiger charge is 2.28. The van der Waals surface area contributed by atoms with Gasteiger partial charge in [-0.25, -0.2) is 8.42 Å². The number of benzene rings is 1. The van der Waals surface area contributed by atoms with E-state index in [1.54, 1.807) is 13.8 Å². The predicted molar refractivity (Wildman–Crippen MR) is 83.0 cm³/mol. The number of sulfonamides is 1. The minimum absolute atomic E-state index is 0.0825. The van der Waals surface area contributed by atoms with Crippen molar-refractivity contribution in [2.75, 3.05) is 23.7 Å². The van der Waals surface area contributed by atoms with Gasteiger partial charge in [0, 0.05) is 13.1 Å². The normalized spacial score (nSPS) is 18.5. The second kappa shape index (κ2) is 6.05. The molecule has 120 valence electrons. The number of hydrogen-bond acceptors (Lipinski definition) is 4. The molecule has 7 nitrogen and oxygen atoms in total. The van der Waals surface area contributed by atoms with E-state index in [1.807, 2.05) is 0 Å². The van der Waals surface area contributed by atoms with Crippen LogP contribution in [0.3, 0.4) is 0 Å². The van der Waals surface area contributed by atoms with Crippen molar-refractivity contribution in [1.29, 1.82) is 0 Å². The van der Waals surface area contributed by atoms with Crippen LogP contribution in [0.25, 0.3) is 0 Å². The lowest BCUT2D eigenvalue weighted by molar-refractivity contribution is -0.128. The summed E-state index contributed by atoms with van der Waals surface area (Å²) in [6, 6.07) is 4.29. The summed E-state index contributed by atoms with van der Waals surface area (Å²) in [6.45, 7) is 5.72. The molecular formula is C14H19N3O4S. The second-order valence-electron chi connectivity index (χ2n) is 5.00. The second-order valence-corrected chi connectivity index (χ2v) is 6.93. The molecule has 0 radical (unpaired) electrons. The molecular weight excluding hydrogens is 306 g/mol. The molecule has 0 bridgehead atoms. The molecule has 0 saturated carbocycles. The lowest BCUT2D eigenvalue weighted by Crippen LogP contribution is -2.30. The van der Waals surface area contributed by atoms with Crippen LogP contribution in [0.1, 0.15) is 20.8 Å². The minimum atomic E-state index is -3.62. The van der Waals surface area contributed by atoms with Crippen LogP contribution in [0.15, 0.2) is 23.1 Å². The molecule has 0 saturated heterocycles. The Morgan fingerprint density at radius 2 is 1.59 bits per heavy atom. The molecule has 1 aromatic rings. The molecule has 2 amide bonds. The summed E-state index contributed by atoms with van der Waals surface area (Å²) >= 11 is 0. The van der Waals surface area contributed by atoms with Crippen LogP contribution in [0.2, 0.25) is 0 Å². The Morgan fingerprint density at radius 3 is 2.14 bits per heavy atom. The lowest BCUT2D eigenvalue weighted by atomic mass is 10.1. The predicted octanol–water partition coefficient (Wildman–Crippen LogP) is 1.24. The van der Waals surface area contributed by atoms with Gasteiger partial charge in [-0.3, -0.25) is 9.59 Å². The Bertz CT molecular complexity index is 711. The summed E-state index contributed by atoms with van der Waals surface area (Å²) in [7, 11) is -3.62. The number of carbonyl (C=O) groups excluding carboxylic acids is 2. The molecule has 0 spiro atoms. The summed E-state index contributed by atoms with van der Waals surface area (Å²) in [5.41, 5.74) is 0.678. The van der Waals surface area contributed by atoms with Gasteiger partial charge in [-0.1, -0.05) is 13.8 Å². The molecule has 0 unspecified atom stereocenters. The number of hydrogen-bond donors (Lipinski definition) is 2. The van der Waals surface area contributed by atoms with Crippen LogP contribution in [0, 0.1) is 5.92 Å². The van der Waals surface area contributed by atoms with Gasteiger partial charge >= 0.3 is 0 Å². The third-order valence-electron chi connectivity index (χ3n) is 3.64. The van der Waals surface area contributed by atoms with E-state index < -0.39 is 27.8 Å². The van der Waals surface area contributed by atoms with Crippen LogP contribution >= 0.6 is 0 Å². The van der Waals surface area contributed by atoms with Crippen molar-refractivity contribution in [2.24, 2.45) is 5.92 Å². The zero-order valence-electron chi connectivity index (χ0n) is 12.7. The Kier molecular flexibility index (Phi) is 4.52. The van der Waals surface area contributed by atoms with Gasteiger partial charge in [0.1, 0.15) is 5.92 Å². The quantitative estimate of drug-likeness (QED) is 0.814. The Morgan fingerprint density at radius 1 is 1.05 bits per heavy atom. The highest BCUT2D eigenvalue weighted by molar-refractivity contribution is 7.89. The van der Waals surface area contributed by atoms with Gasteiger partial charge in [0.25, 0.3) is 0 Å². The van der Waals surface area contributed by atoms with Crippen molar-refractivity contribution in [3.63, 3.8) is 0 Å². The smallest absolute Gasteiger partial charge is 0.243 e. The fourth-order valence-electron chi connectivity index (χ4n) is 2.21. The van der Waals surface area contributed by atoms with E-state index in [9.17, 15) is 18.0 Å². The first-order valence-electron chi connectivity index (χ1n) is 7.07. The van der Waals surface area contributed by atoms with E-state index in [1.165, 1.54) is 29.4 Å². The summed E-state index contributed by atoms with van der Waals surface area (Å²) in [5.74, 6) is -1.72. The van der Waals surface area contributed by atoms with Crippen LogP contribution < -0.4 is 10.6 Å². The molecule has 1 atom stereocenters. The lowest BCUT2D eigenvalue weighted by Gasteiger charge is -2.19. The molecule has 8 heteroatoms. The monoisotopic (exact) mass is 325 g/mol. The number of nitrogens with zero attached hydrogens (tertiary/aromatic N) is 1. The van der Waals surface area contributed by atoms with E-state index in [0.29, 0.717) is 18.8 Å². The molecule has 0 fully saturated rings. The third-order valence-corrected chi connectivity index (χ3v) is 5.68. The standard InChI is InChI=1S/C14H19N3O4S/c1-4-17(5-2)22(20,21)10-6-7-11-12(8-10)16-14(19)9(3)13(18)15-11/h6-9H,4-5H2,1-3H3,(H,15,18)(H,16,19)/t9-/m0/s1. The number of carbonyl (C=O) groups is 2. The van der Waals surface area contributed by atoms with Crippen molar-refractivity contribution >= 4 is 33.2 Å². The first kappa shape index (κ1) is 16.4. The Hall–Kier alpha value is -1.93. The van der Waals surface area contributed by atoms with Crippen molar-refractivity contribution in [3.8, 4) is 0 Å². The Balaban J connectivity index is 2.47. The maximum absolute atomic E-state index is 12.5. The van der Waals surface area contributed by atoms with Crippen molar-refractivity contribution < 1.29 is 18.0 Å². The first-order chi connectivity index (χ1) is 10.3. The average molecular weight is 325 g/mol. The van der Waals surface area contributed by atoms with E-state index in [2.05, 4.69) is 10.6 Å². The van der Waals surface area contributed by atoms with Gasteiger partial charge in [-0.05, 0) is 25.1 Å². The number of anilines is 2. The molecule has 2 N–H and O–H groups in total. The molecule has 1 aliphatic rings. The van der Waals surface area contributed by atoms with Gasteiger partial charge in [0.2, 0.25) is 21.8 Å². The molecule has 0 aromatic heterocycles. The maximum Gasteiger partial charge on any atom is 0.243 e. The highest BCUT2D eigenvalue weighted by atomic mass is 32.2. The van der Waals surface area contributed by atoms with Gasteiger partial charge in [-0.2, -0.15) is 4.31 Å². The van der Waals surface area contributed by atoms with Crippen molar-refractivity contribution in [1.82, 2.24) is 4.31 Å². The van der Waals surface area contributed by atoms with Crippen LogP contribution in [0.5, 0.6) is 0 Å². The largest absolute Gasteiger partial charge is 0.324 e. The fourth-order valence-corrected chi connectivity index (χ4v) is 3.69. The van der Waals surface area contributed by atoms with Gasteiger partial charge in [0.05, 0.1) is 16.3 Å². The van der Waals surface area contributed by atoms with Gasteiger partial charge < -0.3 is 10.6 Å². The van der Waals surface area contributed by atoms with Crippen LogP contribution in [0.4, 0.5) is 11.4 Å².